The van der Waals surface area contributed by atoms with Crippen molar-refractivity contribution in [3.8, 4) is 0 Å². The second-order valence-corrected chi connectivity index (χ2v) is 6.12. The third kappa shape index (κ3) is 2.38. The predicted molar refractivity (Wildman–Crippen MR) is 74.0 cm³/mol. The Kier molecular flexibility index (Phi) is 3.15. The topological polar surface area (TPSA) is 47.3 Å². The molecule has 18 heavy (non-hydrogen) atoms. The second kappa shape index (κ2) is 4.35. The van der Waals surface area contributed by atoms with Gasteiger partial charge in [0, 0.05) is 15.3 Å². The largest absolute Gasteiger partial charge is 0.422 e. The molecule has 4 heteroatoms. The van der Waals surface area contributed by atoms with Crippen LogP contribution in [-0.2, 0) is 0 Å². The zero-order valence-electron chi connectivity index (χ0n) is 10.4. The van der Waals surface area contributed by atoms with E-state index < -0.39 is 11.0 Å². The van der Waals surface area contributed by atoms with Crippen LogP contribution < -0.4 is 5.63 Å². The molecule has 0 radical (unpaired) electrons. The Morgan fingerprint density at radius 2 is 1.89 bits per heavy atom. The highest BCUT2D eigenvalue weighted by Crippen LogP contribution is 2.23. The van der Waals surface area contributed by atoms with Crippen molar-refractivity contribution in [1.29, 1.82) is 0 Å². The van der Waals surface area contributed by atoms with Gasteiger partial charge in [0.15, 0.2) is 5.78 Å². The summed E-state index contributed by atoms with van der Waals surface area (Å²) in [4.78, 5) is 24.0. The molecule has 0 saturated carbocycles. The zero-order valence-corrected chi connectivity index (χ0v) is 12.0. The average Bonchev–Trinajstić information content (AvgIpc) is 2.26. The maximum atomic E-state index is 12.1. The van der Waals surface area contributed by atoms with Crippen LogP contribution in [0.2, 0.25) is 0 Å². The van der Waals surface area contributed by atoms with Gasteiger partial charge in [0.05, 0.1) is 0 Å². The molecule has 0 fully saturated rings. The molecule has 1 aromatic carbocycles. The quantitative estimate of drug-likeness (QED) is 0.595. The minimum absolute atomic E-state index is 0.105. The Morgan fingerprint density at radius 3 is 2.50 bits per heavy atom. The smallest absolute Gasteiger partial charge is 0.347 e. The number of ketones is 1. The van der Waals surface area contributed by atoms with Crippen molar-refractivity contribution in [3.05, 3.63) is 44.7 Å². The lowest BCUT2D eigenvalue weighted by Crippen LogP contribution is -2.25. The Morgan fingerprint density at radius 1 is 1.22 bits per heavy atom. The number of hydrogen-bond acceptors (Lipinski definition) is 3. The van der Waals surface area contributed by atoms with Crippen molar-refractivity contribution in [2.75, 3.05) is 0 Å². The number of carbonyl (C=O) groups excluding carboxylic acids is 1. The number of benzene rings is 1. The third-order valence-electron chi connectivity index (χ3n) is 2.62. The number of rotatable bonds is 1. The van der Waals surface area contributed by atoms with Crippen molar-refractivity contribution >= 4 is 32.7 Å². The van der Waals surface area contributed by atoms with Crippen LogP contribution in [0.25, 0.3) is 11.0 Å². The van der Waals surface area contributed by atoms with Gasteiger partial charge in [-0.3, -0.25) is 4.79 Å². The third-order valence-corrected chi connectivity index (χ3v) is 3.11. The van der Waals surface area contributed by atoms with Gasteiger partial charge in [-0.05, 0) is 24.3 Å². The van der Waals surface area contributed by atoms with Gasteiger partial charge in [-0.1, -0.05) is 36.7 Å². The summed E-state index contributed by atoms with van der Waals surface area (Å²) in [5.41, 5.74) is -0.597. The van der Waals surface area contributed by atoms with Crippen LogP contribution >= 0.6 is 15.9 Å². The van der Waals surface area contributed by atoms with Gasteiger partial charge >= 0.3 is 5.63 Å². The second-order valence-electron chi connectivity index (χ2n) is 5.21. The molecule has 2 aromatic rings. The molecular weight excluding hydrogens is 296 g/mol. The minimum atomic E-state index is -0.603. The van der Waals surface area contributed by atoms with E-state index in [0.29, 0.717) is 5.58 Å². The van der Waals surface area contributed by atoms with E-state index in [-0.39, 0.29) is 11.3 Å². The van der Waals surface area contributed by atoms with E-state index >= 15 is 0 Å². The van der Waals surface area contributed by atoms with Gasteiger partial charge < -0.3 is 4.42 Å². The monoisotopic (exact) mass is 308 g/mol. The lowest BCUT2D eigenvalue weighted by Gasteiger charge is -2.15. The van der Waals surface area contributed by atoms with Crippen LogP contribution in [0.4, 0.5) is 0 Å². The molecule has 0 spiro atoms. The van der Waals surface area contributed by atoms with Crippen LogP contribution in [0.5, 0.6) is 0 Å². The van der Waals surface area contributed by atoms with E-state index in [2.05, 4.69) is 15.9 Å². The van der Waals surface area contributed by atoms with Gasteiger partial charge in [-0.25, -0.2) is 4.79 Å². The molecule has 0 amide bonds. The lowest BCUT2D eigenvalue weighted by atomic mass is 9.87. The molecule has 0 aliphatic rings. The minimum Gasteiger partial charge on any atom is -0.422 e. The summed E-state index contributed by atoms with van der Waals surface area (Å²) in [7, 11) is 0. The molecule has 0 N–H and O–H groups in total. The summed E-state index contributed by atoms with van der Waals surface area (Å²) in [6, 6.07) is 6.90. The number of fused-ring (bicyclic) bond motifs is 1. The molecule has 0 saturated heterocycles. The number of carbonyl (C=O) groups is 1. The van der Waals surface area contributed by atoms with E-state index in [1.165, 1.54) is 0 Å². The zero-order chi connectivity index (χ0) is 13.5. The molecule has 0 atom stereocenters. The van der Waals surface area contributed by atoms with Crippen molar-refractivity contribution in [1.82, 2.24) is 0 Å². The first-order valence-corrected chi connectivity index (χ1v) is 6.36. The van der Waals surface area contributed by atoms with E-state index in [1.54, 1.807) is 39.0 Å². The maximum absolute atomic E-state index is 12.1. The van der Waals surface area contributed by atoms with E-state index in [4.69, 9.17) is 4.42 Å². The normalized spacial score (nSPS) is 11.8. The van der Waals surface area contributed by atoms with Crippen LogP contribution in [0.15, 0.2) is 37.9 Å². The average molecular weight is 309 g/mol. The van der Waals surface area contributed by atoms with Gasteiger partial charge in [0.25, 0.3) is 0 Å². The van der Waals surface area contributed by atoms with Gasteiger partial charge in [0.1, 0.15) is 11.1 Å². The lowest BCUT2D eigenvalue weighted by molar-refractivity contribution is 0.0854. The summed E-state index contributed by atoms with van der Waals surface area (Å²) in [6.07, 6.45) is 0. The van der Waals surface area contributed by atoms with E-state index in [9.17, 15) is 9.59 Å². The number of halogens is 1. The standard InChI is InChI=1S/C14H13BrO3/c1-14(2,3)12(16)10-7-8-6-9(15)4-5-11(8)18-13(10)17/h4-7H,1-3H3. The van der Waals surface area contributed by atoms with Crippen molar-refractivity contribution in [2.45, 2.75) is 20.8 Å². The Labute approximate surface area is 113 Å². The van der Waals surface area contributed by atoms with Crippen molar-refractivity contribution in [3.63, 3.8) is 0 Å². The summed E-state index contributed by atoms with van der Waals surface area (Å²) in [5, 5.41) is 0.733. The molecule has 0 bridgehead atoms. The summed E-state index contributed by atoms with van der Waals surface area (Å²) < 4.78 is 6.04. The molecule has 0 unspecified atom stereocenters. The summed E-state index contributed by atoms with van der Waals surface area (Å²) in [6.45, 7) is 5.33. The summed E-state index contributed by atoms with van der Waals surface area (Å²) >= 11 is 3.35. The molecule has 94 valence electrons. The van der Waals surface area contributed by atoms with Gasteiger partial charge in [-0.15, -0.1) is 0 Å². The van der Waals surface area contributed by atoms with Crippen molar-refractivity contribution < 1.29 is 9.21 Å². The number of Topliss-reactive ketones (excluding diaryl/α,β-unsaturated/α-hetero) is 1. The molecule has 1 aromatic heterocycles. The first kappa shape index (κ1) is 13.0. The molecular formula is C14H13BrO3. The Balaban J connectivity index is 2.69. The van der Waals surface area contributed by atoms with Gasteiger partial charge in [0.2, 0.25) is 0 Å². The SMILES string of the molecule is CC(C)(C)C(=O)c1cc2cc(Br)ccc2oc1=O. The van der Waals surface area contributed by atoms with E-state index in [0.717, 1.165) is 9.86 Å². The predicted octanol–water partition coefficient (Wildman–Crippen LogP) is 3.78. The Bertz CT molecular complexity index is 677. The first-order valence-electron chi connectivity index (χ1n) is 5.57. The molecule has 3 nitrogen and oxygen atoms in total. The van der Waals surface area contributed by atoms with Crippen LogP contribution in [-0.4, -0.2) is 5.78 Å². The highest BCUT2D eigenvalue weighted by Gasteiger charge is 2.26. The number of hydrogen-bond donors (Lipinski definition) is 0. The fourth-order valence-corrected chi connectivity index (χ4v) is 2.04. The summed E-state index contributed by atoms with van der Waals surface area (Å²) in [5.74, 6) is -0.210. The van der Waals surface area contributed by atoms with Gasteiger partial charge in [-0.2, -0.15) is 0 Å². The van der Waals surface area contributed by atoms with E-state index in [1.807, 2.05) is 6.07 Å². The van der Waals surface area contributed by atoms with Crippen LogP contribution in [0, 0.1) is 5.41 Å². The first-order chi connectivity index (χ1) is 8.29. The maximum Gasteiger partial charge on any atom is 0.347 e. The molecule has 0 aliphatic heterocycles. The van der Waals surface area contributed by atoms with Crippen LogP contribution in [0.3, 0.4) is 0 Å². The molecule has 2 rings (SSSR count). The van der Waals surface area contributed by atoms with Crippen LogP contribution in [0.1, 0.15) is 31.1 Å². The fourth-order valence-electron chi connectivity index (χ4n) is 1.66. The Hall–Kier alpha value is -1.42. The highest BCUT2D eigenvalue weighted by molar-refractivity contribution is 9.10. The highest BCUT2D eigenvalue weighted by atomic mass is 79.9. The van der Waals surface area contributed by atoms with Crippen molar-refractivity contribution in [2.24, 2.45) is 5.41 Å². The molecule has 1 heterocycles. The fraction of sp³-hybridized carbons (Fsp3) is 0.286. The molecule has 0 aliphatic carbocycles.